The molecule has 0 aliphatic heterocycles. The summed E-state index contributed by atoms with van der Waals surface area (Å²) in [6.45, 7) is 0. The van der Waals surface area contributed by atoms with Crippen LogP contribution in [0.15, 0.2) is 42.5 Å². The number of carbonyl (C=O) groups is 2. The van der Waals surface area contributed by atoms with Crippen molar-refractivity contribution in [1.82, 2.24) is 0 Å². The van der Waals surface area contributed by atoms with Crippen molar-refractivity contribution in [2.45, 2.75) is 0 Å². The summed E-state index contributed by atoms with van der Waals surface area (Å²) in [7, 11) is 0. The fourth-order valence-electron chi connectivity index (χ4n) is 2.34. The lowest BCUT2D eigenvalue weighted by atomic mass is 9.85. The molecule has 0 atom stereocenters. The van der Waals surface area contributed by atoms with Gasteiger partial charge in [0.25, 0.3) is 0 Å². The van der Waals surface area contributed by atoms with Gasteiger partial charge in [-0.2, -0.15) is 0 Å². The molecule has 1 aliphatic rings. The minimum absolute atomic E-state index is 0.00599. The van der Waals surface area contributed by atoms with Gasteiger partial charge in [0, 0.05) is 5.56 Å². The third-order valence-corrected chi connectivity index (χ3v) is 3.35. The Kier molecular flexibility index (Phi) is 2.76. The summed E-state index contributed by atoms with van der Waals surface area (Å²) in [6, 6.07) is 9.77. The summed E-state index contributed by atoms with van der Waals surface area (Å²) >= 11 is 0. The first-order valence-corrected chi connectivity index (χ1v) is 6.14. The van der Waals surface area contributed by atoms with Gasteiger partial charge < -0.3 is 15.3 Å². The zero-order valence-corrected chi connectivity index (χ0v) is 10.7. The molecule has 0 aromatic heterocycles. The highest BCUT2D eigenvalue weighted by atomic mass is 16.3. The lowest BCUT2D eigenvalue weighted by Crippen LogP contribution is -2.23. The minimum Gasteiger partial charge on any atom is -0.508 e. The average molecular weight is 282 g/mol. The van der Waals surface area contributed by atoms with E-state index in [0.29, 0.717) is 5.56 Å². The number of phenols is 2. The smallest absolute Gasteiger partial charge is 0.238 e. The molecule has 21 heavy (non-hydrogen) atoms. The Labute approximate surface area is 119 Å². The SMILES string of the molecule is O=C1C(=O)c2c(O)cccc2C(O)=C1c1ccc(O)cc1. The highest BCUT2D eigenvalue weighted by molar-refractivity contribution is 6.62. The molecule has 0 saturated heterocycles. The summed E-state index contributed by atoms with van der Waals surface area (Å²) in [5, 5.41) is 29.3. The van der Waals surface area contributed by atoms with Crippen molar-refractivity contribution in [3.63, 3.8) is 0 Å². The van der Waals surface area contributed by atoms with Gasteiger partial charge in [-0.15, -0.1) is 0 Å². The summed E-state index contributed by atoms with van der Waals surface area (Å²) in [5.41, 5.74) is 0.0981. The number of allylic oxidation sites excluding steroid dienone is 1. The van der Waals surface area contributed by atoms with E-state index in [4.69, 9.17) is 0 Å². The predicted molar refractivity (Wildman–Crippen MR) is 75.0 cm³/mol. The number of Topliss-reactive ketones (excluding diaryl/α,β-unsaturated/α-hetero) is 2. The van der Waals surface area contributed by atoms with Gasteiger partial charge in [0.15, 0.2) is 0 Å². The van der Waals surface area contributed by atoms with Gasteiger partial charge >= 0.3 is 0 Å². The maximum atomic E-state index is 12.2. The fraction of sp³-hybridized carbons (Fsp3) is 0. The molecule has 0 bridgehead atoms. The third kappa shape index (κ3) is 1.87. The van der Waals surface area contributed by atoms with Gasteiger partial charge in [-0.1, -0.05) is 24.3 Å². The van der Waals surface area contributed by atoms with Crippen LogP contribution in [0.3, 0.4) is 0 Å². The number of carbonyl (C=O) groups excluding carboxylic acids is 2. The molecule has 2 aromatic rings. The first-order valence-electron chi connectivity index (χ1n) is 6.14. The van der Waals surface area contributed by atoms with Crippen LogP contribution in [-0.2, 0) is 4.79 Å². The molecule has 0 radical (unpaired) electrons. The number of fused-ring (bicyclic) bond motifs is 1. The molecule has 5 heteroatoms. The first-order chi connectivity index (χ1) is 10.0. The van der Waals surface area contributed by atoms with Crippen molar-refractivity contribution in [1.29, 1.82) is 0 Å². The average Bonchev–Trinajstić information content (AvgIpc) is 2.47. The molecule has 3 rings (SSSR count). The van der Waals surface area contributed by atoms with Crippen molar-refractivity contribution >= 4 is 22.9 Å². The molecule has 104 valence electrons. The van der Waals surface area contributed by atoms with Crippen LogP contribution in [0, 0.1) is 0 Å². The van der Waals surface area contributed by atoms with Gasteiger partial charge in [0.1, 0.15) is 17.3 Å². The van der Waals surface area contributed by atoms with Crippen LogP contribution >= 0.6 is 0 Å². The van der Waals surface area contributed by atoms with E-state index in [9.17, 15) is 24.9 Å². The molecule has 0 amide bonds. The predicted octanol–water partition coefficient (Wildman–Crippen LogP) is 2.29. The van der Waals surface area contributed by atoms with Crippen molar-refractivity contribution < 1.29 is 24.9 Å². The van der Waals surface area contributed by atoms with Gasteiger partial charge in [-0.3, -0.25) is 9.59 Å². The highest BCUT2D eigenvalue weighted by Crippen LogP contribution is 2.37. The zero-order valence-electron chi connectivity index (χ0n) is 10.7. The minimum atomic E-state index is -0.896. The lowest BCUT2D eigenvalue weighted by molar-refractivity contribution is -0.110. The Morgan fingerprint density at radius 3 is 2.10 bits per heavy atom. The topological polar surface area (TPSA) is 94.8 Å². The van der Waals surface area contributed by atoms with E-state index in [1.54, 1.807) is 0 Å². The standard InChI is InChI=1S/C16H10O5/c17-9-6-4-8(5-7-9)12-14(19)10-2-1-3-11(18)13(10)16(21)15(12)20/h1-7,17-19H. The summed E-state index contributed by atoms with van der Waals surface area (Å²) in [5.74, 6) is -2.47. The van der Waals surface area contributed by atoms with E-state index < -0.39 is 11.6 Å². The number of aliphatic hydroxyl groups excluding tert-OH is 1. The molecule has 0 spiro atoms. The Balaban J connectivity index is 2.29. The maximum Gasteiger partial charge on any atom is 0.238 e. The largest absolute Gasteiger partial charge is 0.508 e. The second kappa shape index (κ2) is 4.49. The second-order valence-electron chi connectivity index (χ2n) is 4.63. The van der Waals surface area contributed by atoms with E-state index in [-0.39, 0.29) is 34.0 Å². The van der Waals surface area contributed by atoms with Crippen LogP contribution < -0.4 is 0 Å². The molecule has 0 saturated carbocycles. The van der Waals surface area contributed by atoms with E-state index >= 15 is 0 Å². The zero-order chi connectivity index (χ0) is 15.1. The molecule has 3 N–H and O–H groups in total. The van der Waals surface area contributed by atoms with Crippen molar-refractivity contribution in [3.8, 4) is 11.5 Å². The molecular weight excluding hydrogens is 272 g/mol. The number of benzene rings is 2. The van der Waals surface area contributed by atoms with Gasteiger partial charge in [-0.05, 0) is 23.8 Å². The van der Waals surface area contributed by atoms with E-state index in [0.717, 1.165) is 0 Å². The second-order valence-corrected chi connectivity index (χ2v) is 4.63. The van der Waals surface area contributed by atoms with Crippen LogP contribution in [0.5, 0.6) is 11.5 Å². The number of hydrogen-bond acceptors (Lipinski definition) is 5. The number of aromatic hydroxyl groups is 2. The van der Waals surface area contributed by atoms with Gasteiger partial charge in [0.2, 0.25) is 11.6 Å². The molecule has 5 nitrogen and oxygen atoms in total. The normalized spacial score (nSPS) is 14.3. The quantitative estimate of drug-likeness (QED) is 0.697. The Morgan fingerprint density at radius 1 is 0.762 bits per heavy atom. The van der Waals surface area contributed by atoms with E-state index in [1.807, 2.05) is 0 Å². The Morgan fingerprint density at radius 2 is 1.43 bits per heavy atom. The lowest BCUT2D eigenvalue weighted by Gasteiger charge is -2.18. The molecular formula is C16H10O5. The molecule has 0 heterocycles. The number of rotatable bonds is 1. The van der Waals surface area contributed by atoms with Crippen LogP contribution in [0.25, 0.3) is 11.3 Å². The number of ketones is 2. The van der Waals surface area contributed by atoms with Crippen LogP contribution in [0.1, 0.15) is 21.5 Å². The summed E-state index contributed by atoms with van der Waals surface area (Å²) < 4.78 is 0. The molecule has 0 fully saturated rings. The van der Waals surface area contributed by atoms with E-state index in [1.165, 1.54) is 42.5 Å². The van der Waals surface area contributed by atoms with E-state index in [2.05, 4.69) is 0 Å². The molecule has 1 aliphatic carbocycles. The summed E-state index contributed by atoms with van der Waals surface area (Å²) in [6.07, 6.45) is 0. The summed E-state index contributed by atoms with van der Waals surface area (Å²) in [4.78, 5) is 24.3. The van der Waals surface area contributed by atoms with Crippen molar-refractivity contribution in [2.75, 3.05) is 0 Å². The number of hydrogen-bond donors (Lipinski definition) is 3. The van der Waals surface area contributed by atoms with Gasteiger partial charge in [0.05, 0.1) is 11.1 Å². The van der Waals surface area contributed by atoms with Crippen LogP contribution in [-0.4, -0.2) is 26.9 Å². The third-order valence-electron chi connectivity index (χ3n) is 3.35. The number of aliphatic hydroxyl groups is 1. The monoisotopic (exact) mass is 282 g/mol. The van der Waals surface area contributed by atoms with Crippen LogP contribution in [0.2, 0.25) is 0 Å². The highest BCUT2D eigenvalue weighted by Gasteiger charge is 2.35. The fourth-order valence-corrected chi connectivity index (χ4v) is 2.34. The molecule has 0 unspecified atom stereocenters. The number of phenolic OH excluding ortho intramolecular Hbond substituents is 2. The first kappa shape index (κ1) is 12.9. The van der Waals surface area contributed by atoms with Crippen molar-refractivity contribution in [3.05, 3.63) is 59.2 Å². The van der Waals surface area contributed by atoms with Crippen LogP contribution in [0.4, 0.5) is 0 Å². The van der Waals surface area contributed by atoms with Gasteiger partial charge in [-0.25, -0.2) is 0 Å². The van der Waals surface area contributed by atoms with Crippen molar-refractivity contribution in [2.24, 2.45) is 0 Å². The molecule has 2 aromatic carbocycles. The Bertz CT molecular complexity index is 800. The Hall–Kier alpha value is -3.08. The maximum absolute atomic E-state index is 12.2.